The fourth-order valence-electron chi connectivity index (χ4n) is 2.57. The van der Waals surface area contributed by atoms with E-state index in [1.165, 1.54) is 24.0 Å². The first-order valence-electron chi connectivity index (χ1n) is 7.27. The van der Waals surface area contributed by atoms with E-state index in [9.17, 15) is 4.79 Å². The lowest BCUT2D eigenvalue weighted by atomic mass is 9.99. The van der Waals surface area contributed by atoms with Crippen molar-refractivity contribution in [2.45, 2.75) is 32.6 Å². The standard InChI is InChI=1S/C16H24N2O/c1-13-4-2-5-14(10-13)7-8-16(19)18-12-15-6-3-9-17-11-15/h2,4-5,10,15,17H,3,6-9,11-12H2,1H3,(H,18,19). The maximum atomic E-state index is 11.8. The molecule has 1 aromatic carbocycles. The molecule has 1 amide bonds. The number of rotatable bonds is 5. The number of hydrogen-bond acceptors (Lipinski definition) is 2. The number of piperidine rings is 1. The number of amides is 1. The topological polar surface area (TPSA) is 41.1 Å². The third-order valence-electron chi connectivity index (χ3n) is 3.71. The van der Waals surface area contributed by atoms with Crippen molar-refractivity contribution in [2.24, 2.45) is 5.92 Å². The molecule has 2 rings (SSSR count). The van der Waals surface area contributed by atoms with Crippen LogP contribution in [0.5, 0.6) is 0 Å². The maximum absolute atomic E-state index is 11.8. The average Bonchev–Trinajstić information content (AvgIpc) is 2.44. The maximum Gasteiger partial charge on any atom is 0.220 e. The van der Waals surface area contributed by atoms with E-state index in [0.29, 0.717) is 12.3 Å². The molecule has 3 nitrogen and oxygen atoms in total. The molecule has 2 N–H and O–H groups in total. The molecule has 0 aromatic heterocycles. The Morgan fingerprint density at radius 2 is 2.37 bits per heavy atom. The fourth-order valence-corrected chi connectivity index (χ4v) is 2.57. The van der Waals surface area contributed by atoms with Gasteiger partial charge in [0.2, 0.25) is 5.91 Å². The van der Waals surface area contributed by atoms with Gasteiger partial charge in [0.25, 0.3) is 0 Å². The average molecular weight is 260 g/mol. The molecule has 1 aliphatic rings. The lowest BCUT2D eigenvalue weighted by Gasteiger charge is -2.22. The van der Waals surface area contributed by atoms with Gasteiger partial charge in [0.1, 0.15) is 0 Å². The zero-order valence-electron chi connectivity index (χ0n) is 11.7. The van der Waals surface area contributed by atoms with Crippen LogP contribution in [0.4, 0.5) is 0 Å². The van der Waals surface area contributed by atoms with E-state index >= 15 is 0 Å². The minimum absolute atomic E-state index is 0.173. The summed E-state index contributed by atoms with van der Waals surface area (Å²) in [5, 5.41) is 6.43. The molecule has 3 heteroatoms. The third-order valence-corrected chi connectivity index (χ3v) is 3.71. The zero-order chi connectivity index (χ0) is 13.5. The van der Waals surface area contributed by atoms with Crippen LogP contribution in [0.15, 0.2) is 24.3 Å². The van der Waals surface area contributed by atoms with E-state index in [4.69, 9.17) is 0 Å². The normalized spacial score (nSPS) is 19.1. The largest absolute Gasteiger partial charge is 0.356 e. The van der Waals surface area contributed by atoms with Crippen LogP contribution in [0, 0.1) is 12.8 Å². The summed E-state index contributed by atoms with van der Waals surface area (Å²) in [6.07, 6.45) is 3.87. The Hall–Kier alpha value is -1.35. The number of carbonyl (C=O) groups excluding carboxylic acids is 1. The molecule has 104 valence electrons. The molecule has 1 saturated heterocycles. The van der Waals surface area contributed by atoms with E-state index < -0.39 is 0 Å². The molecule has 1 atom stereocenters. The van der Waals surface area contributed by atoms with Crippen LogP contribution in [0.25, 0.3) is 0 Å². The summed E-state index contributed by atoms with van der Waals surface area (Å²) < 4.78 is 0. The Labute approximate surface area is 115 Å². The highest BCUT2D eigenvalue weighted by molar-refractivity contribution is 5.76. The van der Waals surface area contributed by atoms with Crippen LogP contribution in [0.1, 0.15) is 30.4 Å². The van der Waals surface area contributed by atoms with Crippen LogP contribution in [0.2, 0.25) is 0 Å². The van der Waals surface area contributed by atoms with E-state index in [-0.39, 0.29) is 5.91 Å². The van der Waals surface area contributed by atoms with Crippen molar-refractivity contribution in [1.82, 2.24) is 10.6 Å². The fraction of sp³-hybridized carbons (Fsp3) is 0.562. The van der Waals surface area contributed by atoms with Gasteiger partial charge in [-0.15, -0.1) is 0 Å². The molecule has 0 saturated carbocycles. The number of carbonyl (C=O) groups is 1. The second kappa shape index (κ2) is 7.29. The summed E-state index contributed by atoms with van der Waals surface area (Å²) in [5.41, 5.74) is 2.50. The molecule has 0 bridgehead atoms. The first-order valence-corrected chi connectivity index (χ1v) is 7.27. The lowest BCUT2D eigenvalue weighted by Crippen LogP contribution is -2.38. The monoisotopic (exact) mass is 260 g/mol. The summed E-state index contributed by atoms with van der Waals surface area (Å²) >= 11 is 0. The summed E-state index contributed by atoms with van der Waals surface area (Å²) in [4.78, 5) is 11.8. The van der Waals surface area contributed by atoms with E-state index in [2.05, 4.69) is 41.8 Å². The molecule has 0 aliphatic carbocycles. The molecule has 1 unspecified atom stereocenters. The molecule has 1 aromatic rings. The minimum Gasteiger partial charge on any atom is -0.356 e. The smallest absolute Gasteiger partial charge is 0.220 e. The number of aryl methyl sites for hydroxylation is 2. The lowest BCUT2D eigenvalue weighted by molar-refractivity contribution is -0.121. The molecular formula is C16H24N2O. The van der Waals surface area contributed by atoms with Gasteiger partial charge in [-0.05, 0) is 50.8 Å². The van der Waals surface area contributed by atoms with Crippen molar-refractivity contribution in [3.8, 4) is 0 Å². The van der Waals surface area contributed by atoms with Crippen LogP contribution in [-0.4, -0.2) is 25.5 Å². The van der Waals surface area contributed by atoms with Gasteiger partial charge >= 0.3 is 0 Å². The summed E-state index contributed by atoms with van der Waals surface area (Å²) in [5.74, 6) is 0.781. The third kappa shape index (κ3) is 5.03. The van der Waals surface area contributed by atoms with Crippen molar-refractivity contribution in [3.05, 3.63) is 35.4 Å². The van der Waals surface area contributed by atoms with Crippen molar-refractivity contribution < 1.29 is 4.79 Å². The van der Waals surface area contributed by atoms with Crippen molar-refractivity contribution in [1.29, 1.82) is 0 Å². The van der Waals surface area contributed by atoms with Gasteiger partial charge in [0.05, 0.1) is 0 Å². The van der Waals surface area contributed by atoms with Gasteiger partial charge in [-0.3, -0.25) is 4.79 Å². The first-order chi connectivity index (χ1) is 9.24. The minimum atomic E-state index is 0.173. The molecular weight excluding hydrogens is 236 g/mol. The van der Waals surface area contributed by atoms with Crippen molar-refractivity contribution >= 4 is 5.91 Å². The highest BCUT2D eigenvalue weighted by atomic mass is 16.1. The summed E-state index contributed by atoms with van der Waals surface area (Å²) in [6.45, 7) is 5.06. The van der Waals surface area contributed by atoms with Crippen LogP contribution in [0.3, 0.4) is 0 Å². The first kappa shape index (κ1) is 14.1. The Kier molecular flexibility index (Phi) is 5.40. The zero-order valence-corrected chi connectivity index (χ0v) is 11.7. The van der Waals surface area contributed by atoms with Crippen LogP contribution < -0.4 is 10.6 Å². The van der Waals surface area contributed by atoms with Crippen molar-refractivity contribution in [3.63, 3.8) is 0 Å². The Bertz CT molecular complexity index is 411. The Morgan fingerprint density at radius 1 is 1.47 bits per heavy atom. The predicted octanol–water partition coefficient (Wildman–Crippen LogP) is 2.04. The second-order valence-corrected chi connectivity index (χ2v) is 5.51. The van der Waals surface area contributed by atoms with Crippen LogP contribution in [-0.2, 0) is 11.2 Å². The number of benzene rings is 1. The number of hydrogen-bond donors (Lipinski definition) is 2. The van der Waals surface area contributed by atoms with E-state index in [1.54, 1.807) is 0 Å². The predicted molar refractivity (Wildman–Crippen MR) is 78.1 cm³/mol. The molecule has 0 radical (unpaired) electrons. The van der Waals surface area contributed by atoms with Gasteiger partial charge in [-0.25, -0.2) is 0 Å². The highest BCUT2D eigenvalue weighted by Gasteiger charge is 2.13. The molecule has 1 fully saturated rings. The quantitative estimate of drug-likeness (QED) is 0.850. The van der Waals surface area contributed by atoms with Gasteiger partial charge in [-0.1, -0.05) is 29.8 Å². The van der Waals surface area contributed by atoms with Gasteiger partial charge in [0.15, 0.2) is 0 Å². The van der Waals surface area contributed by atoms with E-state index in [1.807, 2.05) is 0 Å². The van der Waals surface area contributed by atoms with Crippen molar-refractivity contribution in [2.75, 3.05) is 19.6 Å². The Morgan fingerprint density at radius 3 is 3.11 bits per heavy atom. The van der Waals surface area contributed by atoms with Gasteiger partial charge in [-0.2, -0.15) is 0 Å². The van der Waals surface area contributed by atoms with E-state index in [0.717, 1.165) is 26.1 Å². The van der Waals surface area contributed by atoms with Gasteiger partial charge in [0, 0.05) is 13.0 Å². The molecule has 1 heterocycles. The Balaban J connectivity index is 1.66. The SMILES string of the molecule is Cc1cccc(CCC(=O)NCC2CCCNC2)c1. The number of nitrogens with one attached hydrogen (secondary N) is 2. The molecule has 1 aliphatic heterocycles. The summed E-state index contributed by atoms with van der Waals surface area (Å²) in [6, 6.07) is 8.37. The molecule has 0 spiro atoms. The summed E-state index contributed by atoms with van der Waals surface area (Å²) in [7, 11) is 0. The highest BCUT2D eigenvalue weighted by Crippen LogP contribution is 2.09. The van der Waals surface area contributed by atoms with Crippen LogP contribution >= 0.6 is 0 Å². The van der Waals surface area contributed by atoms with Gasteiger partial charge < -0.3 is 10.6 Å². The second-order valence-electron chi connectivity index (χ2n) is 5.51. The molecule has 19 heavy (non-hydrogen) atoms.